The van der Waals surface area contributed by atoms with Gasteiger partial charge in [0.15, 0.2) is 0 Å². The van der Waals surface area contributed by atoms with Crippen molar-refractivity contribution in [3.63, 3.8) is 0 Å². The van der Waals surface area contributed by atoms with Gasteiger partial charge in [-0.1, -0.05) is 41.9 Å². The van der Waals surface area contributed by atoms with E-state index in [1.165, 1.54) is 11.1 Å². The number of nitrogens with one attached hydrogen (secondary N) is 2. The second-order valence-electron chi connectivity index (χ2n) is 7.69. The van der Waals surface area contributed by atoms with Gasteiger partial charge in [0.05, 0.1) is 0 Å². The molecule has 1 fully saturated rings. The lowest BCUT2D eigenvalue weighted by Crippen LogP contribution is -2.43. The van der Waals surface area contributed by atoms with Crippen LogP contribution in [0, 0.1) is 0 Å². The van der Waals surface area contributed by atoms with E-state index in [4.69, 9.17) is 11.6 Å². The number of amides is 4. The first-order chi connectivity index (χ1) is 13.9. The van der Waals surface area contributed by atoms with Crippen LogP contribution >= 0.6 is 11.6 Å². The molecule has 1 atom stereocenters. The van der Waals surface area contributed by atoms with Crippen LogP contribution in [0.5, 0.6) is 0 Å². The van der Waals surface area contributed by atoms with Crippen LogP contribution in [0.1, 0.15) is 35.6 Å². The first kappa shape index (κ1) is 19.5. The number of nitrogens with zero attached hydrogens (tertiary/aromatic N) is 1. The third-order valence-electron chi connectivity index (χ3n) is 5.63. The number of hydrogen-bond acceptors (Lipinski definition) is 3. The summed E-state index contributed by atoms with van der Waals surface area (Å²) >= 11 is 5.94. The van der Waals surface area contributed by atoms with Crippen molar-refractivity contribution < 1.29 is 14.4 Å². The van der Waals surface area contributed by atoms with Crippen molar-refractivity contribution in [3.05, 3.63) is 69.7 Å². The molecule has 4 rings (SSSR count). The highest BCUT2D eigenvalue weighted by molar-refractivity contribution is 6.30. The SMILES string of the molecule is CC1(c2ccc3c(c2)CCC3)NC(=O)N(CC(=O)NCc2cccc(Cl)c2)C1=O. The first-order valence-electron chi connectivity index (χ1n) is 9.64. The van der Waals surface area contributed by atoms with Gasteiger partial charge in [-0.15, -0.1) is 0 Å². The van der Waals surface area contributed by atoms with Crippen LogP contribution in [0.2, 0.25) is 5.02 Å². The normalized spacial score (nSPS) is 20.6. The highest BCUT2D eigenvalue weighted by Crippen LogP contribution is 2.32. The van der Waals surface area contributed by atoms with Crippen molar-refractivity contribution in [1.29, 1.82) is 0 Å². The minimum atomic E-state index is -1.16. The van der Waals surface area contributed by atoms with Gasteiger partial charge in [0.2, 0.25) is 5.91 Å². The van der Waals surface area contributed by atoms with Crippen molar-refractivity contribution in [1.82, 2.24) is 15.5 Å². The summed E-state index contributed by atoms with van der Waals surface area (Å²) in [6.45, 7) is 1.63. The molecule has 7 heteroatoms. The first-order valence-corrected chi connectivity index (χ1v) is 10.0. The molecule has 0 aromatic heterocycles. The van der Waals surface area contributed by atoms with Crippen LogP contribution < -0.4 is 10.6 Å². The summed E-state index contributed by atoms with van der Waals surface area (Å²) < 4.78 is 0. The summed E-state index contributed by atoms with van der Waals surface area (Å²) in [5.41, 5.74) is 2.95. The molecular weight excluding hydrogens is 390 g/mol. The lowest BCUT2D eigenvalue weighted by Gasteiger charge is -2.23. The van der Waals surface area contributed by atoms with Crippen LogP contribution in [0.4, 0.5) is 4.79 Å². The Morgan fingerprint density at radius 3 is 2.76 bits per heavy atom. The zero-order chi connectivity index (χ0) is 20.6. The van der Waals surface area contributed by atoms with Gasteiger partial charge in [0.25, 0.3) is 5.91 Å². The highest BCUT2D eigenvalue weighted by Gasteiger charge is 2.49. The van der Waals surface area contributed by atoms with Crippen LogP contribution in [0.3, 0.4) is 0 Å². The van der Waals surface area contributed by atoms with Gasteiger partial charge < -0.3 is 10.6 Å². The van der Waals surface area contributed by atoms with Crippen molar-refractivity contribution in [2.24, 2.45) is 0 Å². The van der Waals surface area contributed by atoms with Crippen LogP contribution in [0.15, 0.2) is 42.5 Å². The Labute approximate surface area is 174 Å². The number of urea groups is 1. The van der Waals surface area contributed by atoms with Crippen molar-refractivity contribution >= 4 is 29.4 Å². The van der Waals surface area contributed by atoms with Gasteiger partial charge in [-0.3, -0.25) is 14.5 Å². The number of rotatable bonds is 5. The zero-order valence-corrected chi connectivity index (χ0v) is 16.9. The van der Waals surface area contributed by atoms with Gasteiger partial charge in [-0.2, -0.15) is 0 Å². The Balaban J connectivity index is 1.44. The predicted molar refractivity (Wildman–Crippen MR) is 109 cm³/mol. The Bertz CT molecular complexity index is 1010. The Morgan fingerprint density at radius 1 is 1.17 bits per heavy atom. The van der Waals surface area contributed by atoms with E-state index in [-0.39, 0.29) is 13.1 Å². The molecule has 2 N–H and O–H groups in total. The van der Waals surface area contributed by atoms with Crippen molar-refractivity contribution in [2.45, 2.75) is 38.3 Å². The molecule has 29 heavy (non-hydrogen) atoms. The third kappa shape index (κ3) is 3.72. The molecule has 150 valence electrons. The molecule has 0 bridgehead atoms. The second kappa shape index (κ2) is 7.52. The van der Waals surface area contributed by atoms with Crippen LogP contribution in [0.25, 0.3) is 0 Å². The van der Waals surface area contributed by atoms with Gasteiger partial charge in [0, 0.05) is 11.6 Å². The minimum Gasteiger partial charge on any atom is -0.350 e. The number of halogens is 1. The third-order valence-corrected chi connectivity index (χ3v) is 5.87. The number of carbonyl (C=O) groups excluding carboxylic acids is 3. The summed E-state index contributed by atoms with van der Waals surface area (Å²) in [6.07, 6.45) is 3.14. The molecule has 1 heterocycles. The Kier molecular flexibility index (Phi) is 5.04. The molecule has 1 aliphatic heterocycles. The summed E-state index contributed by atoms with van der Waals surface area (Å²) in [5.74, 6) is -0.829. The lowest BCUT2D eigenvalue weighted by molar-refractivity contribution is -0.134. The summed E-state index contributed by atoms with van der Waals surface area (Å²) in [7, 11) is 0. The van der Waals surface area contributed by atoms with Crippen LogP contribution in [-0.2, 0) is 34.5 Å². The topological polar surface area (TPSA) is 78.5 Å². The van der Waals surface area contributed by atoms with Gasteiger partial charge >= 0.3 is 6.03 Å². The molecule has 0 saturated carbocycles. The largest absolute Gasteiger partial charge is 0.350 e. The fourth-order valence-electron chi connectivity index (χ4n) is 3.97. The molecule has 2 aromatic rings. The van der Waals surface area contributed by atoms with Crippen LogP contribution in [-0.4, -0.2) is 29.3 Å². The molecule has 2 aliphatic rings. The van der Waals surface area contributed by atoms with Gasteiger partial charge in [-0.25, -0.2) is 4.79 Å². The Morgan fingerprint density at radius 2 is 1.97 bits per heavy atom. The summed E-state index contributed by atoms with van der Waals surface area (Å²) in [5, 5.41) is 6.07. The van der Waals surface area contributed by atoms with Crippen molar-refractivity contribution in [2.75, 3.05) is 6.54 Å². The molecule has 6 nitrogen and oxygen atoms in total. The predicted octanol–water partition coefficient (Wildman–Crippen LogP) is 2.91. The maximum atomic E-state index is 13.0. The number of hydrogen-bond donors (Lipinski definition) is 2. The number of aryl methyl sites for hydroxylation is 2. The molecule has 0 spiro atoms. The van der Waals surface area contributed by atoms with E-state index in [2.05, 4.69) is 10.6 Å². The van der Waals surface area contributed by atoms with Gasteiger partial charge in [-0.05, 0) is 60.6 Å². The van der Waals surface area contributed by atoms with Crippen molar-refractivity contribution in [3.8, 4) is 0 Å². The molecule has 1 unspecified atom stereocenters. The molecule has 2 aromatic carbocycles. The van der Waals surface area contributed by atoms with E-state index in [0.29, 0.717) is 5.02 Å². The van der Waals surface area contributed by atoms with E-state index >= 15 is 0 Å². The molecule has 1 aliphatic carbocycles. The fraction of sp³-hybridized carbons (Fsp3) is 0.318. The van der Waals surface area contributed by atoms with E-state index in [9.17, 15) is 14.4 Å². The zero-order valence-electron chi connectivity index (χ0n) is 16.1. The lowest BCUT2D eigenvalue weighted by atomic mass is 9.89. The monoisotopic (exact) mass is 411 g/mol. The minimum absolute atomic E-state index is 0.269. The number of carbonyl (C=O) groups is 3. The summed E-state index contributed by atoms with van der Waals surface area (Å²) in [6, 6.07) is 12.5. The van der Waals surface area contributed by atoms with Gasteiger partial charge in [0.1, 0.15) is 12.1 Å². The van der Waals surface area contributed by atoms with E-state index in [1.54, 1.807) is 25.1 Å². The number of fused-ring (bicyclic) bond motifs is 1. The van der Waals surface area contributed by atoms with E-state index < -0.39 is 23.4 Å². The number of imide groups is 1. The van der Waals surface area contributed by atoms with E-state index in [0.717, 1.165) is 35.3 Å². The molecule has 4 amide bonds. The fourth-order valence-corrected chi connectivity index (χ4v) is 4.18. The quantitative estimate of drug-likeness (QED) is 0.742. The average molecular weight is 412 g/mol. The molecular formula is C22H22ClN3O3. The highest BCUT2D eigenvalue weighted by atomic mass is 35.5. The maximum Gasteiger partial charge on any atom is 0.325 e. The molecule has 1 saturated heterocycles. The maximum absolute atomic E-state index is 13.0. The second-order valence-corrected chi connectivity index (χ2v) is 8.13. The standard InChI is InChI=1S/C22H22ClN3O3/c1-22(17-9-8-15-5-3-6-16(15)11-17)20(28)26(21(29)25-22)13-19(27)24-12-14-4-2-7-18(23)10-14/h2,4,7-11H,3,5-6,12-13H2,1H3,(H,24,27)(H,25,29). The smallest absolute Gasteiger partial charge is 0.325 e. The summed E-state index contributed by atoms with van der Waals surface area (Å²) in [4.78, 5) is 38.8. The Hall–Kier alpha value is -2.86. The molecule has 0 radical (unpaired) electrons. The average Bonchev–Trinajstić information content (AvgIpc) is 3.25. The van der Waals surface area contributed by atoms with E-state index in [1.807, 2.05) is 24.3 Å². The number of benzene rings is 2.